The van der Waals surface area contributed by atoms with E-state index in [1.165, 1.54) is 5.75 Å². The van der Waals surface area contributed by atoms with Gasteiger partial charge in [-0.15, -0.1) is 0 Å². The average molecular weight is 204 g/mol. The fraction of sp³-hybridized carbons (Fsp3) is 1.00. The maximum Gasteiger partial charge on any atom is 0.394 e. The van der Waals surface area contributed by atoms with Gasteiger partial charge in [-0.1, -0.05) is 6.92 Å². The molecule has 2 N–H and O–H groups in total. The summed E-state index contributed by atoms with van der Waals surface area (Å²) in [7, 11) is -4.83. The van der Waals surface area contributed by atoms with Crippen LogP contribution in [-0.2, 0) is 10.4 Å². The van der Waals surface area contributed by atoms with Crippen LogP contribution in [0.1, 0.15) is 6.92 Å². The largest absolute Gasteiger partial charge is 0.394 e. The lowest BCUT2D eigenvalue weighted by Crippen LogP contribution is -1.92. The second kappa shape index (κ2) is 4.97. The van der Waals surface area contributed by atoms with Crippen LogP contribution in [0, 0.1) is 0 Å². The third-order valence-corrected chi connectivity index (χ3v) is 2.60. The van der Waals surface area contributed by atoms with E-state index in [4.69, 9.17) is 17.5 Å². The summed E-state index contributed by atoms with van der Waals surface area (Å²) in [5.74, 6) is 1.35. The first kappa shape index (κ1) is 13.8. The molecule has 4 nitrogen and oxygen atoms in total. The van der Waals surface area contributed by atoms with Crippen LogP contribution in [0.2, 0.25) is 0 Å². The summed E-state index contributed by atoms with van der Waals surface area (Å²) in [5.41, 5.74) is 0. The van der Waals surface area contributed by atoms with Gasteiger partial charge in [0.15, 0.2) is 0 Å². The molecule has 0 rings (SSSR count). The predicted octanol–water partition coefficient (Wildman–Crippen LogP) is 1.05. The van der Waals surface area contributed by atoms with Crippen molar-refractivity contribution in [3.05, 3.63) is 0 Å². The van der Waals surface area contributed by atoms with Gasteiger partial charge < -0.3 is 0 Å². The van der Waals surface area contributed by atoms with Crippen molar-refractivity contribution < 1.29 is 17.5 Å². The van der Waals surface area contributed by atoms with Crippen molar-refractivity contribution >= 4 is 20.4 Å². The van der Waals surface area contributed by atoms with Gasteiger partial charge in [0.25, 0.3) is 0 Å². The third kappa shape index (κ3) is 66.6. The zero-order valence-corrected chi connectivity index (χ0v) is 8.87. The minimum Gasteiger partial charge on any atom is -0.264 e. The summed E-state index contributed by atoms with van der Waals surface area (Å²) in [5, 5.41) is 0. The Labute approximate surface area is 69.9 Å². The monoisotopic (exact) mass is 204 g/mol. The normalized spacial score (nSPS) is 13.3. The summed E-state index contributed by atoms with van der Waals surface area (Å²) in [4.78, 5) is 0. The van der Waals surface area contributed by atoms with E-state index in [0.717, 1.165) is 0 Å². The molecule has 0 bridgehead atoms. The first-order chi connectivity index (χ1) is 4.56. The first-order valence-corrected chi connectivity index (χ1v) is 7.34. The molecule has 0 spiro atoms. The van der Waals surface area contributed by atoms with Crippen LogP contribution in [0.15, 0.2) is 0 Å². The van der Waals surface area contributed by atoms with Crippen LogP contribution in [0.3, 0.4) is 0 Å². The third-order valence-electron chi connectivity index (χ3n) is 0.866. The van der Waals surface area contributed by atoms with Crippen LogP contribution in [0.5, 0.6) is 0 Å². The molecule has 0 atom stereocenters. The zero-order chi connectivity index (χ0) is 9.71. The standard InChI is InChI=1S/C5H14S.H2O4S/c1-5-6(2,3)4;1-5(2,3)4/h5H2,1-4H3;(H2,1,2,3,4). The average Bonchev–Trinajstić information content (AvgIpc) is 1.59. The van der Waals surface area contributed by atoms with Gasteiger partial charge in [-0.3, -0.25) is 9.11 Å². The second-order valence-corrected chi connectivity index (χ2v) is 8.48. The molecular weight excluding hydrogens is 188 g/mol. The van der Waals surface area contributed by atoms with E-state index >= 15 is 0 Å². The molecule has 0 aliphatic carbocycles. The Hall–Kier alpha value is 0.220. The van der Waals surface area contributed by atoms with E-state index in [9.17, 15) is 0 Å². The Bertz CT molecular complexity index is 169. The summed E-state index contributed by atoms with van der Waals surface area (Å²) < 4.78 is 31.6. The molecule has 0 saturated heterocycles. The van der Waals surface area contributed by atoms with Crippen molar-refractivity contribution in [1.82, 2.24) is 0 Å². The summed E-state index contributed by atoms with van der Waals surface area (Å²) in [6.45, 7) is 2.25. The van der Waals surface area contributed by atoms with Crippen LogP contribution in [-0.4, -0.2) is 42.0 Å². The van der Waals surface area contributed by atoms with E-state index in [1.807, 2.05) is 0 Å². The van der Waals surface area contributed by atoms with E-state index in [-0.39, 0.29) is 10.0 Å². The molecule has 0 radical (unpaired) electrons. The summed E-state index contributed by atoms with van der Waals surface area (Å²) in [6, 6.07) is 0. The van der Waals surface area contributed by atoms with Crippen LogP contribution < -0.4 is 0 Å². The maximum atomic E-state index is 8.74. The molecule has 0 aliphatic heterocycles. The summed E-state index contributed by atoms with van der Waals surface area (Å²) in [6.07, 6.45) is 6.98. The molecule has 0 fully saturated rings. The number of hydrogen-bond acceptors (Lipinski definition) is 2. The van der Waals surface area contributed by atoms with Gasteiger partial charge in [0.1, 0.15) is 0 Å². The highest BCUT2D eigenvalue weighted by molar-refractivity contribution is 8.32. The van der Waals surface area contributed by atoms with E-state index in [0.29, 0.717) is 0 Å². The lowest BCUT2D eigenvalue weighted by molar-refractivity contribution is 0.381. The molecule has 0 aliphatic rings. The van der Waals surface area contributed by atoms with E-state index in [2.05, 4.69) is 25.7 Å². The minimum absolute atomic E-state index is 0.162. The molecular formula is C5H16O4S2. The van der Waals surface area contributed by atoms with E-state index in [1.54, 1.807) is 0 Å². The molecule has 0 heterocycles. The highest BCUT2D eigenvalue weighted by Crippen LogP contribution is 2.32. The Morgan fingerprint density at radius 2 is 1.18 bits per heavy atom. The summed E-state index contributed by atoms with van der Waals surface area (Å²) >= 11 is 0. The Morgan fingerprint density at radius 3 is 1.18 bits per heavy atom. The quantitative estimate of drug-likeness (QED) is 0.626. The Morgan fingerprint density at radius 1 is 1.09 bits per heavy atom. The highest BCUT2D eigenvalue weighted by Gasteiger charge is 1.95. The van der Waals surface area contributed by atoms with Gasteiger partial charge in [0, 0.05) is 0 Å². The van der Waals surface area contributed by atoms with Gasteiger partial charge in [0.2, 0.25) is 0 Å². The molecule has 0 aromatic carbocycles. The first-order valence-electron chi connectivity index (χ1n) is 2.92. The smallest absolute Gasteiger partial charge is 0.264 e. The van der Waals surface area contributed by atoms with Crippen molar-refractivity contribution in [2.75, 3.05) is 24.5 Å². The van der Waals surface area contributed by atoms with Gasteiger partial charge in [0.05, 0.1) is 0 Å². The van der Waals surface area contributed by atoms with Crippen molar-refractivity contribution in [2.24, 2.45) is 0 Å². The van der Waals surface area contributed by atoms with Crippen molar-refractivity contribution in [1.29, 1.82) is 0 Å². The van der Waals surface area contributed by atoms with Crippen LogP contribution in [0.4, 0.5) is 0 Å². The lowest BCUT2D eigenvalue weighted by atomic mass is 11.0. The number of hydrogen-bond donors (Lipinski definition) is 2. The fourth-order valence-corrected chi connectivity index (χ4v) is 0. The van der Waals surface area contributed by atoms with Crippen molar-refractivity contribution in [2.45, 2.75) is 6.92 Å². The van der Waals surface area contributed by atoms with Crippen LogP contribution in [0.25, 0.3) is 0 Å². The SMILES string of the molecule is CCS(C)(C)C.O=S(=O)(O)O. The molecule has 0 aromatic heterocycles. The van der Waals surface area contributed by atoms with E-state index < -0.39 is 10.4 Å². The van der Waals surface area contributed by atoms with Gasteiger partial charge in [-0.25, -0.2) is 10.0 Å². The molecule has 0 unspecified atom stereocenters. The van der Waals surface area contributed by atoms with Gasteiger partial charge in [-0.05, 0) is 24.5 Å². The maximum absolute atomic E-state index is 8.74. The second-order valence-electron chi connectivity index (χ2n) is 2.83. The van der Waals surface area contributed by atoms with Crippen molar-refractivity contribution in [3.8, 4) is 0 Å². The predicted molar refractivity (Wildman–Crippen MR) is 50.1 cm³/mol. The topological polar surface area (TPSA) is 74.6 Å². The molecule has 72 valence electrons. The molecule has 0 saturated carbocycles. The molecule has 0 aromatic rings. The van der Waals surface area contributed by atoms with Crippen LogP contribution >= 0.6 is 10.0 Å². The number of rotatable bonds is 1. The minimum atomic E-state index is -4.67. The highest BCUT2D eigenvalue weighted by atomic mass is 32.3. The van der Waals surface area contributed by atoms with Gasteiger partial charge >= 0.3 is 10.4 Å². The molecule has 11 heavy (non-hydrogen) atoms. The molecule has 0 amide bonds. The molecule has 6 heteroatoms. The Kier molecular flexibility index (Phi) is 6.23. The fourth-order valence-electron chi connectivity index (χ4n) is 0. The lowest BCUT2D eigenvalue weighted by Gasteiger charge is -2.21. The zero-order valence-electron chi connectivity index (χ0n) is 7.23. The van der Waals surface area contributed by atoms with Gasteiger partial charge in [-0.2, -0.15) is 8.42 Å². The van der Waals surface area contributed by atoms with Crippen molar-refractivity contribution in [3.63, 3.8) is 0 Å². The Balaban J connectivity index is 0.